The Morgan fingerprint density at radius 3 is 2.95 bits per heavy atom. The molecule has 19 heavy (non-hydrogen) atoms. The Balaban J connectivity index is 1.53. The van der Waals surface area contributed by atoms with Crippen LogP contribution in [0.25, 0.3) is 9.88 Å². The van der Waals surface area contributed by atoms with Gasteiger partial charge in [0.15, 0.2) is 0 Å². The van der Waals surface area contributed by atoms with E-state index in [2.05, 4.69) is 27.9 Å². The number of rotatable bonds is 6. The first-order valence-corrected chi connectivity index (χ1v) is 8.97. The Morgan fingerprint density at radius 2 is 2.32 bits per heavy atom. The van der Waals surface area contributed by atoms with Crippen LogP contribution in [-0.2, 0) is 10.5 Å². The predicted molar refractivity (Wildman–Crippen MR) is 81.9 cm³/mol. The molecule has 0 saturated carbocycles. The maximum absolute atomic E-state index is 9.36. The van der Waals surface area contributed by atoms with Crippen LogP contribution in [0.2, 0.25) is 0 Å². The van der Waals surface area contributed by atoms with E-state index in [9.17, 15) is 5.11 Å². The molecule has 1 saturated heterocycles. The van der Waals surface area contributed by atoms with E-state index >= 15 is 0 Å². The maximum Gasteiger partial charge on any atom is 0.133 e. The molecule has 3 heterocycles. The number of aromatic nitrogens is 1. The van der Waals surface area contributed by atoms with Gasteiger partial charge in [-0.3, -0.25) is 0 Å². The summed E-state index contributed by atoms with van der Waals surface area (Å²) in [7, 11) is 0. The van der Waals surface area contributed by atoms with Crippen molar-refractivity contribution in [1.82, 2.24) is 4.98 Å². The van der Waals surface area contributed by atoms with Crippen molar-refractivity contribution in [3.05, 3.63) is 28.6 Å². The van der Waals surface area contributed by atoms with Crippen LogP contribution in [0.3, 0.4) is 0 Å². The zero-order chi connectivity index (χ0) is 13.1. The number of aliphatic hydroxyl groups is 1. The highest BCUT2D eigenvalue weighted by molar-refractivity contribution is 7.98. The van der Waals surface area contributed by atoms with Gasteiger partial charge in [0, 0.05) is 22.3 Å². The van der Waals surface area contributed by atoms with Crippen molar-refractivity contribution < 1.29 is 9.84 Å². The van der Waals surface area contributed by atoms with Crippen LogP contribution in [-0.4, -0.2) is 35.7 Å². The minimum absolute atomic E-state index is 0.00271. The highest BCUT2D eigenvalue weighted by Crippen LogP contribution is 2.33. The second-order valence-electron chi connectivity index (χ2n) is 4.77. The van der Waals surface area contributed by atoms with E-state index in [1.165, 1.54) is 4.88 Å². The quantitative estimate of drug-likeness (QED) is 0.890. The molecule has 3 nitrogen and oxygen atoms in total. The molecule has 0 unspecified atom stereocenters. The fraction of sp³-hybridized carbons (Fsp3) is 0.462. The van der Waals surface area contributed by atoms with Crippen LogP contribution in [0, 0.1) is 5.41 Å². The van der Waals surface area contributed by atoms with Gasteiger partial charge in [0.2, 0.25) is 0 Å². The number of nitrogens with zero attached hydrogens (tertiary/aromatic N) is 1. The van der Waals surface area contributed by atoms with Crippen molar-refractivity contribution in [1.29, 1.82) is 0 Å². The number of thiazole rings is 1. The molecule has 102 valence electrons. The lowest BCUT2D eigenvalue weighted by atomic mass is 9.90. The topological polar surface area (TPSA) is 42.4 Å². The van der Waals surface area contributed by atoms with Crippen LogP contribution in [0.1, 0.15) is 5.69 Å². The molecule has 2 aromatic rings. The number of thiophene rings is 1. The van der Waals surface area contributed by atoms with Crippen LogP contribution in [0.5, 0.6) is 0 Å². The van der Waals surface area contributed by atoms with Gasteiger partial charge in [0.25, 0.3) is 0 Å². The van der Waals surface area contributed by atoms with E-state index in [0.29, 0.717) is 13.2 Å². The fourth-order valence-corrected chi connectivity index (χ4v) is 4.76. The monoisotopic (exact) mass is 313 g/mol. The normalized spacial score (nSPS) is 17.3. The van der Waals surface area contributed by atoms with E-state index in [0.717, 1.165) is 22.2 Å². The Bertz CT molecular complexity index is 514. The van der Waals surface area contributed by atoms with Gasteiger partial charge in [0.05, 0.1) is 30.4 Å². The molecule has 1 N–H and O–H groups in total. The van der Waals surface area contributed by atoms with Gasteiger partial charge in [-0.1, -0.05) is 6.07 Å². The van der Waals surface area contributed by atoms with Gasteiger partial charge in [-0.25, -0.2) is 4.98 Å². The van der Waals surface area contributed by atoms with E-state index in [4.69, 9.17) is 4.74 Å². The minimum atomic E-state index is -0.00271. The third-order valence-corrected chi connectivity index (χ3v) is 6.34. The zero-order valence-corrected chi connectivity index (χ0v) is 12.8. The first-order valence-electron chi connectivity index (χ1n) is 6.06. The Labute approximate surface area is 124 Å². The molecule has 0 aliphatic carbocycles. The molecule has 0 aromatic carbocycles. The second-order valence-corrected chi connectivity index (χ2v) is 7.56. The lowest BCUT2D eigenvalue weighted by Gasteiger charge is -2.39. The number of hydrogen-bond donors (Lipinski definition) is 1. The molecule has 3 rings (SSSR count). The minimum Gasteiger partial charge on any atom is -0.396 e. The van der Waals surface area contributed by atoms with Crippen LogP contribution >= 0.6 is 34.4 Å². The average molecular weight is 313 g/mol. The molecule has 2 aromatic heterocycles. The SMILES string of the molecule is OCC1(CSCc2csc(-c3cccs3)n2)COC1. The summed E-state index contributed by atoms with van der Waals surface area (Å²) < 4.78 is 5.20. The summed E-state index contributed by atoms with van der Waals surface area (Å²) in [5.74, 6) is 1.85. The second kappa shape index (κ2) is 5.93. The number of aliphatic hydroxyl groups excluding tert-OH is 1. The molecule has 0 atom stereocenters. The van der Waals surface area contributed by atoms with E-state index in [1.807, 2.05) is 11.8 Å². The summed E-state index contributed by atoms with van der Waals surface area (Å²) >= 11 is 5.26. The summed E-state index contributed by atoms with van der Waals surface area (Å²) in [6, 6.07) is 4.16. The lowest BCUT2D eigenvalue weighted by molar-refractivity contribution is -0.121. The number of thioether (sulfide) groups is 1. The molecule has 1 aliphatic heterocycles. The van der Waals surface area contributed by atoms with Gasteiger partial charge in [-0.05, 0) is 11.4 Å². The maximum atomic E-state index is 9.36. The van der Waals surface area contributed by atoms with E-state index in [1.54, 1.807) is 22.7 Å². The summed E-state index contributed by atoms with van der Waals surface area (Å²) in [4.78, 5) is 5.89. The van der Waals surface area contributed by atoms with Crippen LogP contribution in [0.4, 0.5) is 0 Å². The van der Waals surface area contributed by atoms with Crippen LogP contribution < -0.4 is 0 Å². The smallest absolute Gasteiger partial charge is 0.133 e. The summed E-state index contributed by atoms with van der Waals surface area (Å²) in [5.41, 5.74) is 1.13. The van der Waals surface area contributed by atoms with Crippen LogP contribution in [0.15, 0.2) is 22.9 Å². The van der Waals surface area contributed by atoms with E-state index in [-0.39, 0.29) is 12.0 Å². The van der Waals surface area contributed by atoms with Gasteiger partial charge >= 0.3 is 0 Å². The van der Waals surface area contributed by atoms with Gasteiger partial charge in [-0.15, -0.1) is 22.7 Å². The summed E-state index contributed by atoms with van der Waals surface area (Å²) in [6.45, 7) is 1.60. The average Bonchev–Trinajstić information content (AvgIpc) is 3.02. The zero-order valence-electron chi connectivity index (χ0n) is 10.4. The number of ether oxygens (including phenoxy) is 1. The molecular formula is C13H15NO2S3. The molecule has 0 spiro atoms. The highest BCUT2D eigenvalue weighted by atomic mass is 32.2. The molecule has 1 fully saturated rings. The van der Waals surface area contributed by atoms with Crippen molar-refractivity contribution in [2.24, 2.45) is 5.41 Å². The molecule has 0 radical (unpaired) electrons. The van der Waals surface area contributed by atoms with Gasteiger partial charge in [0.1, 0.15) is 5.01 Å². The van der Waals surface area contributed by atoms with Gasteiger partial charge < -0.3 is 9.84 Å². The Morgan fingerprint density at radius 1 is 1.42 bits per heavy atom. The Kier molecular flexibility index (Phi) is 4.24. The van der Waals surface area contributed by atoms with Crippen molar-refractivity contribution >= 4 is 34.4 Å². The third-order valence-electron chi connectivity index (χ3n) is 3.09. The lowest BCUT2D eigenvalue weighted by Crippen LogP contribution is -2.47. The van der Waals surface area contributed by atoms with E-state index < -0.39 is 0 Å². The summed E-state index contributed by atoms with van der Waals surface area (Å²) in [6.07, 6.45) is 0. The molecular weight excluding hydrogens is 298 g/mol. The Hall–Kier alpha value is -0.400. The van der Waals surface area contributed by atoms with Crippen molar-refractivity contribution in [3.63, 3.8) is 0 Å². The molecule has 0 bridgehead atoms. The van der Waals surface area contributed by atoms with Gasteiger partial charge in [-0.2, -0.15) is 11.8 Å². The third kappa shape index (κ3) is 3.03. The van der Waals surface area contributed by atoms with Crippen molar-refractivity contribution in [3.8, 4) is 9.88 Å². The standard InChI is InChI=1S/C13H15NO2S3/c15-6-13(7-16-8-13)9-17-4-10-5-19-12(14-10)11-2-1-3-18-11/h1-3,5,15H,4,6-9H2. The first kappa shape index (κ1) is 13.6. The number of hydrogen-bond acceptors (Lipinski definition) is 6. The first-order chi connectivity index (χ1) is 9.31. The highest BCUT2D eigenvalue weighted by Gasteiger charge is 2.37. The van der Waals surface area contributed by atoms with Crippen molar-refractivity contribution in [2.75, 3.05) is 25.6 Å². The summed E-state index contributed by atoms with van der Waals surface area (Å²) in [5, 5.41) is 14.7. The van der Waals surface area contributed by atoms with Crippen molar-refractivity contribution in [2.45, 2.75) is 5.75 Å². The predicted octanol–water partition coefficient (Wildman–Crippen LogP) is 3.11. The largest absolute Gasteiger partial charge is 0.396 e. The molecule has 1 aliphatic rings. The molecule has 0 amide bonds. The molecule has 6 heteroatoms. The fourth-order valence-electron chi connectivity index (χ4n) is 1.87.